The van der Waals surface area contributed by atoms with Crippen LogP contribution in [0.3, 0.4) is 0 Å². The van der Waals surface area contributed by atoms with E-state index in [9.17, 15) is 0 Å². The van der Waals surface area contributed by atoms with Gasteiger partial charge in [0, 0.05) is 5.90 Å². The van der Waals surface area contributed by atoms with E-state index in [2.05, 4.69) is 11.2 Å². The Bertz CT molecular complexity index is 161. The second-order valence-corrected chi connectivity index (χ2v) is 15.8. The van der Waals surface area contributed by atoms with E-state index >= 15 is 0 Å². The third-order valence-corrected chi connectivity index (χ3v) is 16.8. The summed E-state index contributed by atoms with van der Waals surface area (Å²) in [5, 5.41) is 1.51. The topological polar surface area (TPSA) is 0 Å². The zero-order valence-electron chi connectivity index (χ0n) is 3.79. The molecule has 0 nitrogen and oxygen atoms in total. The van der Waals surface area contributed by atoms with Crippen molar-refractivity contribution < 1.29 is 0 Å². The summed E-state index contributed by atoms with van der Waals surface area (Å²) in [6.45, 7) is 0. The van der Waals surface area contributed by atoms with Crippen LogP contribution in [0, 0.1) is 0 Å². The normalized spacial score (nSPS) is 37.5. The lowest BCUT2D eigenvalue weighted by Crippen LogP contribution is -1.46. The van der Waals surface area contributed by atoms with E-state index in [-0.39, 0.29) is 0 Å². The highest BCUT2D eigenvalue weighted by molar-refractivity contribution is 9.09. The van der Waals surface area contributed by atoms with Gasteiger partial charge in [0.15, 0.2) is 0 Å². The molecule has 0 aromatic heterocycles. The summed E-state index contributed by atoms with van der Waals surface area (Å²) < 4.78 is 0. The van der Waals surface area contributed by atoms with E-state index in [1.165, 1.54) is 0 Å². The van der Waals surface area contributed by atoms with Crippen molar-refractivity contribution in [2.24, 2.45) is 0 Å². The molecule has 0 saturated heterocycles. The molecule has 46 valence electrons. The van der Waals surface area contributed by atoms with Gasteiger partial charge in [0.2, 0.25) is 0 Å². The van der Waals surface area contributed by atoms with Crippen LogP contribution in [0.25, 0.3) is 0 Å². The molecule has 8 heavy (non-hydrogen) atoms. The maximum Gasteiger partial charge on any atom is 0.0541 e. The first-order chi connectivity index (χ1) is 3.79. The van der Waals surface area contributed by atoms with Crippen LogP contribution >= 0.6 is 33.4 Å². The second-order valence-electron chi connectivity index (χ2n) is 1.09. The molecule has 0 aliphatic carbocycles. The van der Waals surface area contributed by atoms with Crippen LogP contribution in [0.1, 0.15) is 0 Å². The zero-order valence-corrected chi connectivity index (χ0v) is 9.05. The van der Waals surface area contributed by atoms with Gasteiger partial charge in [-0.25, -0.2) is 0 Å². The Morgan fingerprint density at radius 2 is 2.12 bits per heavy atom. The Morgan fingerprint density at radius 3 is 2.50 bits per heavy atom. The van der Waals surface area contributed by atoms with Crippen molar-refractivity contribution in [3.8, 4) is 0 Å². The molecule has 0 bridgehead atoms. The molecular formula is C2H4P2S4. The minimum absolute atomic E-state index is 0.571. The summed E-state index contributed by atoms with van der Waals surface area (Å²) in [6, 6.07) is 0. The second kappa shape index (κ2) is 3.80. The fourth-order valence-electron chi connectivity index (χ4n) is 0.285. The molecule has 1 rings (SSSR count). The lowest BCUT2D eigenvalue weighted by Gasteiger charge is -2.04. The molecule has 1 heterocycles. The first-order valence-corrected chi connectivity index (χ1v) is 11.1. The summed E-state index contributed by atoms with van der Waals surface area (Å²) in [6.07, 6.45) is 0. The zero-order chi connectivity index (χ0) is 5.98. The van der Waals surface area contributed by atoms with Gasteiger partial charge < -0.3 is 0 Å². The third-order valence-electron chi connectivity index (χ3n) is 0.552. The Morgan fingerprint density at radius 1 is 1.38 bits per heavy atom. The highest BCUT2D eigenvalue weighted by Gasteiger charge is 2.00. The van der Waals surface area contributed by atoms with Gasteiger partial charge in [0.1, 0.15) is 0 Å². The van der Waals surface area contributed by atoms with Crippen LogP contribution < -0.4 is 0 Å². The molecule has 1 aliphatic rings. The Labute approximate surface area is 68.0 Å². The molecule has 1 aliphatic heterocycles. The van der Waals surface area contributed by atoms with Crippen LogP contribution in [0.2, 0.25) is 0 Å². The molecule has 2 unspecified atom stereocenters. The average molecular weight is 218 g/mol. The van der Waals surface area contributed by atoms with Gasteiger partial charge in [0.05, 0.1) is 5.10 Å². The molecule has 0 aromatic carbocycles. The van der Waals surface area contributed by atoms with Gasteiger partial charge in [0.25, 0.3) is 0 Å². The summed E-state index contributed by atoms with van der Waals surface area (Å²) in [4.78, 5) is 0. The molecule has 0 radical (unpaired) electrons. The van der Waals surface area contributed by atoms with Crippen molar-refractivity contribution in [3.05, 3.63) is 11.2 Å². The first-order valence-electron chi connectivity index (χ1n) is 1.88. The lowest BCUT2D eigenvalue weighted by atomic mass is 11.3. The minimum atomic E-state index is -0.602. The Balaban J connectivity index is 2.68. The minimum Gasteiger partial charge on any atom is -0.0882 e. The van der Waals surface area contributed by atoms with Crippen molar-refractivity contribution in [1.29, 1.82) is 0 Å². The predicted octanol–water partition coefficient (Wildman–Crippen LogP) is 3.03. The Kier molecular flexibility index (Phi) is 3.72. The molecule has 0 aromatic rings. The Hall–Kier alpha value is 1.74. The fourth-order valence-corrected chi connectivity index (χ4v) is 18.9. The largest absolute Gasteiger partial charge is 0.0882 e. The molecule has 6 heteroatoms. The fraction of sp³-hybridized carbons (Fsp3) is 0. The van der Waals surface area contributed by atoms with Crippen LogP contribution in [-0.2, 0) is 23.6 Å². The van der Waals surface area contributed by atoms with Crippen molar-refractivity contribution in [3.63, 3.8) is 0 Å². The number of hydrogen-bond acceptors (Lipinski definition) is 4. The van der Waals surface area contributed by atoms with Gasteiger partial charge in [-0.05, 0) is 11.2 Å². The van der Waals surface area contributed by atoms with Gasteiger partial charge in [-0.1, -0.05) is 46.0 Å². The highest BCUT2D eigenvalue weighted by atomic mass is 33.4. The van der Waals surface area contributed by atoms with E-state index < -0.39 is 11.0 Å². The van der Waals surface area contributed by atoms with Gasteiger partial charge >= 0.3 is 0 Å². The summed E-state index contributed by atoms with van der Waals surface area (Å²) >= 11 is 13.8. The van der Waals surface area contributed by atoms with Crippen molar-refractivity contribution in [2.45, 2.75) is 0 Å². The molecule has 0 N–H and O–H groups in total. The monoisotopic (exact) mass is 218 g/mol. The van der Waals surface area contributed by atoms with E-state index in [1.807, 2.05) is 11.0 Å². The van der Waals surface area contributed by atoms with Gasteiger partial charge in [-0.2, -0.15) is 0 Å². The van der Waals surface area contributed by atoms with Gasteiger partial charge in [-0.3, -0.25) is 0 Å². The SMILES string of the molecule is S=[PH]1C=CS[PH](=S)S1. The van der Waals surface area contributed by atoms with Crippen molar-refractivity contribution >= 4 is 57.0 Å². The predicted molar refractivity (Wildman–Crippen MR) is 55.7 cm³/mol. The number of hydrogen-bond donors (Lipinski definition) is 0. The molecule has 2 atom stereocenters. The van der Waals surface area contributed by atoms with E-state index in [0.29, 0.717) is 0 Å². The van der Waals surface area contributed by atoms with E-state index in [0.717, 1.165) is 0 Å². The lowest BCUT2D eigenvalue weighted by molar-refractivity contribution is 2.57. The summed E-state index contributed by atoms with van der Waals surface area (Å²) in [5.74, 6) is 1.52. The highest BCUT2D eigenvalue weighted by Crippen LogP contribution is 2.67. The summed E-state index contributed by atoms with van der Waals surface area (Å²) in [5.41, 5.74) is 0. The smallest absolute Gasteiger partial charge is 0.0541 e. The number of rotatable bonds is 0. The van der Waals surface area contributed by atoms with E-state index in [1.54, 1.807) is 11.4 Å². The van der Waals surface area contributed by atoms with Crippen molar-refractivity contribution in [1.82, 2.24) is 0 Å². The molecule has 0 fully saturated rings. The quantitative estimate of drug-likeness (QED) is 0.573. The standard InChI is InChI=1S/C2H4P2S4/c5-3-1-2-7-4(6)8-3/h1-4H. The molecule has 0 amide bonds. The molecular weight excluding hydrogens is 214 g/mol. The van der Waals surface area contributed by atoms with Crippen LogP contribution in [0.4, 0.5) is 0 Å². The van der Waals surface area contributed by atoms with Crippen LogP contribution in [-0.4, -0.2) is 0 Å². The van der Waals surface area contributed by atoms with E-state index in [4.69, 9.17) is 23.6 Å². The summed E-state index contributed by atoms with van der Waals surface area (Å²) in [7, 11) is 0. The van der Waals surface area contributed by atoms with Crippen LogP contribution in [0.15, 0.2) is 11.2 Å². The van der Waals surface area contributed by atoms with Gasteiger partial charge in [-0.15, -0.1) is 0 Å². The average Bonchev–Trinajstić information content (AvgIpc) is 1.64. The molecule has 0 spiro atoms. The molecule has 0 saturated carbocycles. The van der Waals surface area contributed by atoms with Crippen molar-refractivity contribution in [2.75, 3.05) is 0 Å². The van der Waals surface area contributed by atoms with Crippen LogP contribution in [0.5, 0.6) is 0 Å². The third kappa shape index (κ3) is 2.55. The maximum atomic E-state index is 5.10. The maximum absolute atomic E-state index is 5.10. The first kappa shape index (κ1) is 7.84.